The third-order valence-corrected chi connectivity index (χ3v) is 6.90. The molecule has 0 heterocycles. The molecular weight excluding hydrogens is 336 g/mol. The highest BCUT2D eigenvalue weighted by Crippen LogP contribution is 2.56. The van der Waals surface area contributed by atoms with Gasteiger partial charge in [0.15, 0.2) is 0 Å². The average Bonchev–Trinajstić information content (AvgIpc) is 2.60. The molecule has 0 aliphatic heterocycles. The van der Waals surface area contributed by atoms with Crippen LogP contribution in [0.2, 0.25) is 0 Å². The van der Waals surface area contributed by atoms with Gasteiger partial charge in [-0.3, -0.25) is 0 Å². The summed E-state index contributed by atoms with van der Waals surface area (Å²) in [6.07, 6.45) is 6.43. The maximum absolute atomic E-state index is 11.2. The highest BCUT2D eigenvalue weighted by Gasteiger charge is 2.55. The molecule has 0 spiro atoms. The van der Waals surface area contributed by atoms with Gasteiger partial charge in [0.1, 0.15) is 6.61 Å². The van der Waals surface area contributed by atoms with Crippen LogP contribution in [0.15, 0.2) is 23.4 Å². The normalized spacial score (nSPS) is 33.1. The third-order valence-electron chi connectivity index (χ3n) is 6.90. The lowest BCUT2D eigenvalue weighted by Gasteiger charge is -2.56. The van der Waals surface area contributed by atoms with E-state index in [0.717, 1.165) is 32.1 Å². The molecule has 4 atom stereocenters. The van der Waals surface area contributed by atoms with E-state index in [9.17, 15) is 5.11 Å². The van der Waals surface area contributed by atoms with Crippen LogP contribution in [0, 0.1) is 11.3 Å². The Morgan fingerprint density at radius 3 is 2.81 bits per heavy atom. The lowest BCUT2D eigenvalue weighted by molar-refractivity contribution is -0.0309. The van der Waals surface area contributed by atoms with Gasteiger partial charge in [-0.05, 0) is 60.3 Å². The SMILES string of the molecule is CC(C)c1ccc2c(c1)CC(O)C1[C@@](C)(/C=N/OCCCN)CCC[C@]21C. The number of hydrogen-bond acceptors (Lipinski definition) is 4. The summed E-state index contributed by atoms with van der Waals surface area (Å²) in [5.41, 5.74) is 9.43. The van der Waals surface area contributed by atoms with Crippen LogP contribution in [0.25, 0.3) is 0 Å². The Labute approximate surface area is 164 Å². The second-order valence-corrected chi connectivity index (χ2v) is 9.31. The summed E-state index contributed by atoms with van der Waals surface area (Å²) in [4.78, 5) is 5.41. The molecule has 1 fully saturated rings. The summed E-state index contributed by atoms with van der Waals surface area (Å²) >= 11 is 0. The predicted octanol–water partition coefficient (Wildman–Crippen LogP) is 4.14. The van der Waals surface area contributed by atoms with Crippen molar-refractivity contribution in [3.05, 3.63) is 34.9 Å². The van der Waals surface area contributed by atoms with Crippen LogP contribution in [-0.4, -0.2) is 30.6 Å². The van der Waals surface area contributed by atoms with Gasteiger partial charge in [0.05, 0.1) is 12.3 Å². The van der Waals surface area contributed by atoms with E-state index in [-0.39, 0.29) is 22.9 Å². The summed E-state index contributed by atoms with van der Waals surface area (Å²) in [6.45, 7) is 10.2. The Balaban J connectivity index is 1.92. The van der Waals surface area contributed by atoms with Crippen LogP contribution in [0.1, 0.15) is 76.0 Å². The fourth-order valence-electron chi connectivity index (χ4n) is 5.59. The second-order valence-electron chi connectivity index (χ2n) is 9.31. The first-order valence-corrected chi connectivity index (χ1v) is 10.5. The zero-order valence-electron chi connectivity index (χ0n) is 17.4. The number of nitrogens with zero attached hydrogens (tertiary/aromatic N) is 1. The van der Waals surface area contributed by atoms with E-state index in [0.29, 0.717) is 19.1 Å². The van der Waals surface area contributed by atoms with Crippen molar-refractivity contribution in [1.29, 1.82) is 0 Å². The average molecular weight is 373 g/mol. The molecule has 4 nitrogen and oxygen atoms in total. The number of aliphatic hydroxyl groups excluding tert-OH is 1. The van der Waals surface area contributed by atoms with Crippen LogP contribution in [-0.2, 0) is 16.7 Å². The Hall–Kier alpha value is -1.39. The molecule has 4 heteroatoms. The van der Waals surface area contributed by atoms with Gasteiger partial charge in [-0.25, -0.2) is 0 Å². The van der Waals surface area contributed by atoms with Gasteiger partial charge in [-0.1, -0.05) is 57.5 Å². The molecule has 2 aliphatic carbocycles. The summed E-state index contributed by atoms with van der Waals surface area (Å²) in [5.74, 6) is 0.658. The molecule has 1 saturated carbocycles. The highest BCUT2D eigenvalue weighted by molar-refractivity contribution is 5.67. The third kappa shape index (κ3) is 3.79. The van der Waals surface area contributed by atoms with Gasteiger partial charge in [0.25, 0.3) is 0 Å². The van der Waals surface area contributed by atoms with Gasteiger partial charge in [-0.15, -0.1) is 0 Å². The van der Waals surface area contributed by atoms with Crippen molar-refractivity contribution in [3.63, 3.8) is 0 Å². The first-order valence-electron chi connectivity index (χ1n) is 10.5. The minimum atomic E-state index is -0.356. The van der Waals surface area contributed by atoms with Gasteiger partial charge < -0.3 is 15.7 Å². The van der Waals surface area contributed by atoms with E-state index >= 15 is 0 Å². The number of oxime groups is 1. The molecule has 0 aromatic heterocycles. The van der Waals surface area contributed by atoms with Gasteiger partial charge in [-0.2, -0.15) is 0 Å². The van der Waals surface area contributed by atoms with Gasteiger partial charge in [0, 0.05) is 11.3 Å². The standard InChI is InChI=1S/C23H36N2O2/c1-16(2)17-7-8-19-18(13-17)14-20(26)21-22(3,9-5-10-23(19,21)4)15-25-27-12-6-11-24/h7-8,13,15-16,20-21,26H,5-6,9-12,14,24H2,1-4H3/b25-15+/t20?,21?,22-,23-/m1/s1. The van der Waals surface area contributed by atoms with E-state index in [1.807, 2.05) is 6.21 Å². The topological polar surface area (TPSA) is 67.8 Å². The summed E-state index contributed by atoms with van der Waals surface area (Å²) in [7, 11) is 0. The molecule has 27 heavy (non-hydrogen) atoms. The largest absolute Gasteiger partial charge is 0.396 e. The van der Waals surface area contributed by atoms with Gasteiger partial charge >= 0.3 is 0 Å². The Bertz CT molecular complexity index is 687. The van der Waals surface area contributed by atoms with Crippen molar-refractivity contribution < 1.29 is 9.94 Å². The Morgan fingerprint density at radius 2 is 2.11 bits per heavy atom. The van der Waals surface area contributed by atoms with Crippen LogP contribution < -0.4 is 5.73 Å². The minimum absolute atomic E-state index is 0.0290. The molecule has 0 amide bonds. The Morgan fingerprint density at radius 1 is 1.33 bits per heavy atom. The lowest BCUT2D eigenvalue weighted by atomic mass is 9.49. The van der Waals surface area contributed by atoms with Crippen molar-refractivity contribution in [2.45, 2.75) is 77.2 Å². The monoisotopic (exact) mass is 372 g/mol. The number of hydrogen-bond donors (Lipinski definition) is 2. The number of fused-ring (bicyclic) bond motifs is 3. The number of aliphatic hydroxyl groups is 1. The molecule has 0 radical (unpaired) electrons. The fourth-order valence-corrected chi connectivity index (χ4v) is 5.59. The molecule has 2 aliphatic rings. The zero-order chi connectivity index (χ0) is 19.7. The second kappa shape index (κ2) is 7.92. The van der Waals surface area contributed by atoms with Crippen molar-refractivity contribution in [2.75, 3.05) is 13.2 Å². The molecule has 2 unspecified atom stereocenters. The summed E-state index contributed by atoms with van der Waals surface area (Å²) in [5, 5.41) is 15.5. The van der Waals surface area contributed by atoms with Crippen LogP contribution in [0.3, 0.4) is 0 Å². The molecule has 3 rings (SSSR count). The van der Waals surface area contributed by atoms with E-state index < -0.39 is 0 Å². The molecular formula is C23H36N2O2. The van der Waals surface area contributed by atoms with E-state index in [4.69, 9.17) is 10.6 Å². The van der Waals surface area contributed by atoms with Crippen LogP contribution in [0.5, 0.6) is 0 Å². The smallest absolute Gasteiger partial charge is 0.118 e. The molecule has 150 valence electrons. The first-order chi connectivity index (χ1) is 12.8. The Kier molecular flexibility index (Phi) is 5.97. The van der Waals surface area contributed by atoms with E-state index in [2.05, 4.69) is 51.0 Å². The summed E-state index contributed by atoms with van der Waals surface area (Å²) < 4.78 is 0. The van der Waals surface area contributed by atoms with Crippen molar-refractivity contribution in [1.82, 2.24) is 0 Å². The quantitative estimate of drug-likeness (QED) is 0.448. The molecule has 3 N–H and O–H groups in total. The number of nitrogens with two attached hydrogens (primary N) is 1. The molecule has 0 bridgehead atoms. The number of rotatable bonds is 6. The maximum Gasteiger partial charge on any atom is 0.118 e. The van der Waals surface area contributed by atoms with Crippen molar-refractivity contribution in [3.8, 4) is 0 Å². The summed E-state index contributed by atoms with van der Waals surface area (Å²) in [6, 6.07) is 6.92. The maximum atomic E-state index is 11.2. The van der Waals surface area contributed by atoms with E-state index in [1.165, 1.54) is 16.7 Å². The van der Waals surface area contributed by atoms with Crippen molar-refractivity contribution in [2.24, 2.45) is 22.2 Å². The highest BCUT2D eigenvalue weighted by atomic mass is 16.6. The van der Waals surface area contributed by atoms with Crippen LogP contribution in [0.4, 0.5) is 0 Å². The minimum Gasteiger partial charge on any atom is -0.396 e. The zero-order valence-corrected chi connectivity index (χ0v) is 17.4. The van der Waals surface area contributed by atoms with Crippen LogP contribution >= 0.6 is 0 Å². The first kappa shape index (κ1) is 20.3. The van der Waals surface area contributed by atoms with E-state index in [1.54, 1.807) is 0 Å². The molecule has 0 saturated heterocycles. The lowest BCUT2D eigenvalue weighted by Crippen LogP contribution is -2.56. The molecule has 1 aromatic carbocycles. The van der Waals surface area contributed by atoms with Crippen molar-refractivity contribution >= 4 is 6.21 Å². The molecule has 1 aromatic rings. The van der Waals surface area contributed by atoms with Gasteiger partial charge in [0.2, 0.25) is 0 Å². The number of benzene rings is 1. The fraction of sp³-hybridized carbons (Fsp3) is 0.696. The predicted molar refractivity (Wildman–Crippen MR) is 111 cm³/mol.